The van der Waals surface area contributed by atoms with E-state index < -0.39 is 11.8 Å². The van der Waals surface area contributed by atoms with Crippen LogP contribution in [0.5, 0.6) is 11.5 Å². The third kappa shape index (κ3) is 4.54. The smallest absolute Gasteiger partial charge is 0.212 e. The number of rotatable bonds is 7. The van der Waals surface area contributed by atoms with Gasteiger partial charge in [0, 0.05) is 38.2 Å². The average molecular weight is 525 g/mol. The Balaban J connectivity index is 1.29. The van der Waals surface area contributed by atoms with E-state index in [0.29, 0.717) is 75.9 Å². The first-order chi connectivity index (χ1) is 17.9. The van der Waals surface area contributed by atoms with Gasteiger partial charge in [-0.25, -0.2) is 13.9 Å². The van der Waals surface area contributed by atoms with E-state index in [1.54, 1.807) is 30.0 Å². The van der Waals surface area contributed by atoms with Gasteiger partial charge in [0.2, 0.25) is 4.96 Å². The average Bonchev–Trinajstić information content (AvgIpc) is 3.61. The van der Waals surface area contributed by atoms with Crippen molar-refractivity contribution in [3.63, 3.8) is 0 Å². The molecule has 0 spiro atoms. The lowest BCUT2D eigenvalue weighted by Crippen LogP contribution is -2.34. The van der Waals surface area contributed by atoms with Gasteiger partial charge in [-0.05, 0) is 25.1 Å². The topological polar surface area (TPSA) is 104 Å². The molecule has 1 aliphatic heterocycles. The molecule has 0 radical (unpaired) electrons. The van der Waals surface area contributed by atoms with Crippen molar-refractivity contribution >= 4 is 27.3 Å². The third-order valence-electron chi connectivity index (χ3n) is 6.44. The fourth-order valence-corrected chi connectivity index (χ4v) is 5.19. The molecule has 1 fully saturated rings. The summed E-state index contributed by atoms with van der Waals surface area (Å²) in [5, 5.41) is 16.4. The van der Waals surface area contributed by atoms with Crippen molar-refractivity contribution in [2.75, 3.05) is 20.3 Å². The van der Waals surface area contributed by atoms with E-state index in [-0.39, 0.29) is 6.61 Å². The Hall–Kier alpha value is -3.54. The maximum Gasteiger partial charge on any atom is 0.212 e. The maximum atomic E-state index is 13.6. The lowest BCUT2D eigenvalue weighted by molar-refractivity contribution is -0.0706. The van der Waals surface area contributed by atoms with Crippen molar-refractivity contribution < 1.29 is 28.1 Å². The maximum absolute atomic E-state index is 13.6. The Morgan fingerprint density at radius 2 is 2.05 bits per heavy atom. The number of imidazole rings is 1. The molecule has 0 aliphatic carbocycles. The molecule has 1 saturated heterocycles. The zero-order chi connectivity index (χ0) is 25.6. The molecule has 1 atom stereocenters. The van der Waals surface area contributed by atoms with Gasteiger partial charge in [0.05, 0.1) is 30.1 Å². The summed E-state index contributed by atoms with van der Waals surface area (Å²) in [6, 6.07) is 11.0. The van der Waals surface area contributed by atoms with Crippen LogP contribution in [0.1, 0.15) is 42.3 Å². The summed E-state index contributed by atoms with van der Waals surface area (Å²) >= 11 is 1.20. The molecule has 1 aromatic carbocycles. The number of hydrogen-bond acceptors (Lipinski definition) is 9. The predicted octanol–water partition coefficient (Wildman–Crippen LogP) is 5.22. The van der Waals surface area contributed by atoms with E-state index in [1.165, 1.54) is 18.3 Å². The molecular weight excluding hydrogens is 499 g/mol. The van der Waals surface area contributed by atoms with E-state index in [0.717, 1.165) is 5.39 Å². The van der Waals surface area contributed by atoms with Gasteiger partial charge in [-0.3, -0.25) is 4.98 Å². The standard InChI is InChI=1S/C26H25FN4O5S/c1-15(27)24-30-31-13-19(29-25(31)37-24)22-12-18-20(10-17(33-2)11-21(18)36-22)35-14-16-4-3-5-23(28-16)26(32)6-8-34-9-7-26/h3-5,10-13,15,32H,6-9,14H2,1-2H3. The molecule has 0 amide bonds. The number of nitrogens with zero attached hydrogens (tertiary/aromatic N) is 4. The number of aromatic nitrogens is 4. The minimum atomic E-state index is -1.15. The van der Waals surface area contributed by atoms with Crippen molar-refractivity contribution in [2.24, 2.45) is 0 Å². The number of benzene rings is 1. The minimum Gasteiger partial charge on any atom is -0.496 e. The second-order valence-corrected chi connectivity index (χ2v) is 9.99. The highest BCUT2D eigenvalue weighted by Crippen LogP contribution is 2.38. The fourth-order valence-electron chi connectivity index (χ4n) is 4.38. The number of alkyl halides is 1. The summed E-state index contributed by atoms with van der Waals surface area (Å²) in [4.78, 5) is 9.80. The summed E-state index contributed by atoms with van der Waals surface area (Å²) in [6.07, 6.45) is 1.58. The number of ether oxygens (including phenoxy) is 3. The van der Waals surface area contributed by atoms with Gasteiger partial charge in [-0.2, -0.15) is 5.10 Å². The number of fused-ring (bicyclic) bond motifs is 2. The molecule has 5 heterocycles. The van der Waals surface area contributed by atoms with Gasteiger partial charge < -0.3 is 23.7 Å². The molecule has 11 heteroatoms. The first-order valence-corrected chi connectivity index (χ1v) is 12.7. The van der Waals surface area contributed by atoms with Crippen molar-refractivity contribution in [3.05, 3.63) is 59.0 Å². The molecule has 192 valence electrons. The second-order valence-electron chi connectivity index (χ2n) is 9.00. The van der Waals surface area contributed by atoms with Crippen LogP contribution >= 0.6 is 11.3 Å². The van der Waals surface area contributed by atoms with Crippen LogP contribution in [0, 0.1) is 0 Å². The molecule has 0 saturated carbocycles. The quantitative estimate of drug-likeness (QED) is 0.309. The molecule has 0 bridgehead atoms. The van der Waals surface area contributed by atoms with E-state index in [1.807, 2.05) is 24.3 Å². The summed E-state index contributed by atoms with van der Waals surface area (Å²) < 4.78 is 38.3. The van der Waals surface area contributed by atoms with Crippen molar-refractivity contribution in [2.45, 2.75) is 38.1 Å². The SMILES string of the molecule is COc1cc(OCc2cccc(C3(O)CCOCC3)n2)c2cc(-c3cn4nc(C(C)F)sc4n3)oc2c1. The number of halogens is 1. The van der Waals surface area contributed by atoms with Crippen LogP contribution in [0.15, 0.2) is 47.0 Å². The zero-order valence-corrected chi connectivity index (χ0v) is 21.1. The molecular formula is C26H25FN4O5S. The van der Waals surface area contributed by atoms with Gasteiger partial charge in [-0.1, -0.05) is 17.4 Å². The van der Waals surface area contributed by atoms with Crippen LogP contribution in [-0.4, -0.2) is 45.0 Å². The highest BCUT2D eigenvalue weighted by atomic mass is 32.1. The molecule has 37 heavy (non-hydrogen) atoms. The van der Waals surface area contributed by atoms with E-state index in [4.69, 9.17) is 18.6 Å². The van der Waals surface area contributed by atoms with E-state index in [2.05, 4.69) is 15.1 Å². The van der Waals surface area contributed by atoms with Crippen molar-refractivity contribution in [3.8, 4) is 23.0 Å². The van der Waals surface area contributed by atoms with Gasteiger partial charge in [0.25, 0.3) is 0 Å². The number of furan rings is 1. The Bertz CT molecular complexity index is 1540. The molecule has 6 rings (SSSR count). The normalized spacial score (nSPS) is 16.3. The van der Waals surface area contributed by atoms with E-state index in [9.17, 15) is 9.50 Å². The Labute approximate surface area is 215 Å². The van der Waals surface area contributed by atoms with E-state index >= 15 is 0 Å². The monoisotopic (exact) mass is 524 g/mol. The van der Waals surface area contributed by atoms with Crippen LogP contribution in [0.4, 0.5) is 4.39 Å². The third-order valence-corrected chi connectivity index (χ3v) is 7.52. The summed E-state index contributed by atoms with van der Waals surface area (Å²) in [5.74, 6) is 1.67. The first-order valence-electron chi connectivity index (χ1n) is 11.9. The number of methoxy groups -OCH3 is 1. The van der Waals surface area contributed by atoms with Crippen LogP contribution in [0.3, 0.4) is 0 Å². The minimum absolute atomic E-state index is 0.192. The zero-order valence-electron chi connectivity index (χ0n) is 20.3. The largest absolute Gasteiger partial charge is 0.496 e. The number of aliphatic hydroxyl groups is 1. The summed E-state index contributed by atoms with van der Waals surface area (Å²) in [5.41, 5.74) is 1.47. The van der Waals surface area contributed by atoms with Crippen LogP contribution < -0.4 is 9.47 Å². The highest BCUT2D eigenvalue weighted by Gasteiger charge is 2.33. The van der Waals surface area contributed by atoms with Crippen molar-refractivity contribution in [1.82, 2.24) is 19.6 Å². The number of pyridine rings is 1. The lowest BCUT2D eigenvalue weighted by Gasteiger charge is -2.31. The molecule has 1 unspecified atom stereocenters. The Kier molecular flexibility index (Phi) is 6.06. The highest BCUT2D eigenvalue weighted by molar-refractivity contribution is 7.16. The summed E-state index contributed by atoms with van der Waals surface area (Å²) in [7, 11) is 1.58. The second kappa shape index (κ2) is 9.40. The van der Waals surface area contributed by atoms with Gasteiger partial charge >= 0.3 is 0 Å². The lowest BCUT2D eigenvalue weighted by atomic mass is 9.90. The van der Waals surface area contributed by atoms with Crippen LogP contribution in [0.2, 0.25) is 0 Å². The molecule has 9 nitrogen and oxygen atoms in total. The molecule has 5 aromatic rings. The molecule has 1 N–H and O–H groups in total. The van der Waals surface area contributed by atoms with Gasteiger partial charge in [0.15, 0.2) is 16.9 Å². The van der Waals surface area contributed by atoms with Gasteiger partial charge in [-0.15, -0.1) is 0 Å². The first kappa shape index (κ1) is 23.8. The van der Waals surface area contributed by atoms with Crippen molar-refractivity contribution in [1.29, 1.82) is 0 Å². The van der Waals surface area contributed by atoms with Crippen LogP contribution in [-0.2, 0) is 16.9 Å². The molecule has 1 aliphatic rings. The number of hydrogen-bond donors (Lipinski definition) is 1. The van der Waals surface area contributed by atoms with Crippen LogP contribution in [0.25, 0.3) is 27.4 Å². The summed E-state index contributed by atoms with van der Waals surface area (Å²) in [6.45, 7) is 2.65. The Morgan fingerprint density at radius 1 is 1.22 bits per heavy atom. The predicted molar refractivity (Wildman–Crippen MR) is 135 cm³/mol. The Morgan fingerprint density at radius 3 is 2.81 bits per heavy atom. The molecule has 4 aromatic heterocycles. The van der Waals surface area contributed by atoms with Gasteiger partial charge in [0.1, 0.15) is 35.0 Å². The fraction of sp³-hybridized carbons (Fsp3) is 0.346.